The maximum absolute atomic E-state index is 3.66. The second-order valence-corrected chi connectivity index (χ2v) is 7.49. The number of hydrogen-bond donors (Lipinski definition) is 1. The van der Waals surface area contributed by atoms with Crippen molar-refractivity contribution < 1.29 is 21.5 Å². The fourth-order valence-electron chi connectivity index (χ4n) is 2.47. The highest BCUT2D eigenvalue weighted by molar-refractivity contribution is 4.60. The molecule has 1 atom stereocenters. The van der Waals surface area contributed by atoms with Crippen molar-refractivity contribution in [1.82, 2.24) is 5.32 Å². The van der Waals surface area contributed by atoms with E-state index < -0.39 is 0 Å². The average molecular weight is 365 g/mol. The average Bonchev–Trinajstić information content (AvgIpc) is 2.38. The zero-order valence-electron chi connectivity index (χ0n) is 15.4. The van der Waals surface area contributed by atoms with Crippen molar-refractivity contribution in [2.24, 2.45) is 0 Å². The minimum Gasteiger partial charge on any atom is -1.00 e. The van der Waals surface area contributed by atoms with Crippen molar-refractivity contribution in [3.05, 3.63) is 0 Å². The molecule has 0 saturated heterocycles. The fourth-order valence-corrected chi connectivity index (χ4v) is 2.47. The molecule has 0 amide bonds. The quantitative estimate of drug-likeness (QED) is 0.364. The zero-order valence-corrected chi connectivity index (χ0v) is 17.0. The van der Waals surface area contributed by atoms with E-state index in [1.807, 2.05) is 0 Å². The fraction of sp³-hybridized carbons (Fsp3) is 1.00. The zero-order chi connectivity index (χ0) is 15.3. The lowest BCUT2D eigenvalue weighted by Gasteiger charge is -2.25. The van der Waals surface area contributed by atoms with Crippen LogP contribution in [-0.2, 0) is 0 Å². The predicted octanol–water partition coefficient (Wildman–Crippen LogP) is 1.60. The van der Waals surface area contributed by atoms with Crippen LogP contribution in [0, 0.1) is 0 Å². The second-order valence-electron chi connectivity index (χ2n) is 7.49. The lowest BCUT2D eigenvalue weighted by atomic mass is 10.1. The number of nitrogens with zero attached hydrogens (tertiary/aromatic N) is 1. The highest BCUT2D eigenvalue weighted by Crippen LogP contribution is 2.09. The molecule has 21 heavy (non-hydrogen) atoms. The van der Waals surface area contributed by atoms with Crippen molar-refractivity contribution in [2.75, 3.05) is 34.2 Å². The van der Waals surface area contributed by atoms with Crippen LogP contribution < -0.4 is 22.3 Å². The summed E-state index contributed by atoms with van der Waals surface area (Å²) in [6.45, 7) is 7.07. The number of unbranched alkanes of at least 4 members (excludes halogenated alkanes) is 8. The van der Waals surface area contributed by atoms with Gasteiger partial charge in [-0.05, 0) is 19.9 Å². The van der Waals surface area contributed by atoms with Gasteiger partial charge in [-0.25, -0.2) is 0 Å². The molecule has 0 aliphatic heterocycles. The first-order chi connectivity index (χ1) is 9.45. The summed E-state index contributed by atoms with van der Waals surface area (Å²) in [5.41, 5.74) is 0. The van der Waals surface area contributed by atoms with Crippen molar-refractivity contribution in [1.29, 1.82) is 0 Å². The molecule has 130 valence electrons. The van der Waals surface area contributed by atoms with Crippen molar-refractivity contribution in [3.8, 4) is 0 Å². The summed E-state index contributed by atoms with van der Waals surface area (Å²) in [6.07, 6.45) is 14.0. The molecule has 3 heteroatoms. The van der Waals surface area contributed by atoms with Gasteiger partial charge >= 0.3 is 0 Å². The molecule has 0 fully saturated rings. The van der Waals surface area contributed by atoms with E-state index in [9.17, 15) is 0 Å². The molecule has 0 bridgehead atoms. The van der Waals surface area contributed by atoms with Crippen LogP contribution in [0.1, 0.15) is 78.1 Å². The van der Waals surface area contributed by atoms with E-state index in [-0.39, 0.29) is 17.0 Å². The molecule has 0 radical (unpaired) electrons. The molecule has 1 N–H and O–H groups in total. The Morgan fingerprint density at radius 1 is 0.810 bits per heavy atom. The molecular formula is C18H41BrN2. The van der Waals surface area contributed by atoms with Crippen LogP contribution in [-0.4, -0.2) is 44.8 Å². The summed E-state index contributed by atoms with van der Waals surface area (Å²) >= 11 is 0. The largest absolute Gasteiger partial charge is 1.00 e. The third kappa shape index (κ3) is 20.4. The minimum atomic E-state index is 0. The molecule has 0 spiro atoms. The molecule has 0 aromatic rings. The standard InChI is InChI=1S/C18H41N2.BrH/c1-6-7-8-9-10-11-12-13-14-16-19-18(2)15-17-20(3,4)5;/h18-19H,6-17H2,1-5H3;1H/q+1;/p-1. The first kappa shape index (κ1) is 23.7. The Morgan fingerprint density at radius 3 is 1.76 bits per heavy atom. The Labute approximate surface area is 145 Å². The number of nitrogens with one attached hydrogen (secondary N) is 1. The molecule has 0 aliphatic carbocycles. The van der Waals surface area contributed by atoms with Crippen LogP contribution in [0.5, 0.6) is 0 Å². The van der Waals surface area contributed by atoms with Crippen molar-refractivity contribution in [2.45, 2.75) is 84.1 Å². The molecule has 0 aliphatic rings. The van der Waals surface area contributed by atoms with Crippen LogP contribution >= 0.6 is 0 Å². The van der Waals surface area contributed by atoms with Crippen LogP contribution in [0.2, 0.25) is 0 Å². The molecule has 0 heterocycles. The van der Waals surface area contributed by atoms with Crippen LogP contribution in [0.25, 0.3) is 0 Å². The van der Waals surface area contributed by atoms with Gasteiger partial charge in [-0.1, -0.05) is 58.3 Å². The smallest absolute Gasteiger partial charge is 0.0795 e. The molecular weight excluding hydrogens is 324 g/mol. The Hall–Kier alpha value is 0.400. The van der Waals surface area contributed by atoms with E-state index in [4.69, 9.17) is 0 Å². The van der Waals surface area contributed by atoms with Gasteiger partial charge in [-0.3, -0.25) is 0 Å². The van der Waals surface area contributed by atoms with Gasteiger partial charge in [0.15, 0.2) is 0 Å². The predicted molar refractivity (Wildman–Crippen MR) is 92.2 cm³/mol. The molecule has 0 saturated carbocycles. The van der Waals surface area contributed by atoms with Crippen molar-refractivity contribution in [3.63, 3.8) is 0 Å². The lowest BCUT2D eigenvalue weighted by molar-refractivity contribution is -0.870. The molecule has 0 aromatic carbocycles. The summed E-state index contributed by atoms with van der Waals surface area (Å²) in [5, 5.41) is 3.66. The van der Waals surface area contributed by atoms with Gasteiger partial charge in [-0.15, -0.1) is 0 Å². The van der Waals surface area contributed by atoms with Crippen LogP contribution in [0.3, 0.4) is 0 Å². The van der Waals surface area contributed by atoms with Crippen LogP contribution in [0.15, 0.2) is 0 Å². The Morgan fingerprint density at radius 2 is 1.29 bits per heavy atom. The Bertz CT molecular complexity index is 202. The second kappa shape index (κ2) is 15.3. The number of quaternary nitrogens is 1. The first-order valence-electron chi connectivity index (χ1n) is 8.99. The van der Waals surface area contributed by atoms with Gasteiger partial charge in [0.25, 0.3) is 0 Å². The van der Waals surface area contributed by atoms with Gasteiger partial charge in [0.1, 0.15) is 0 Å². The summed E-state index contributed by atoms with van der Waals surface area (Å²) in [7, 11) is 6.81. The summed E-state index contributed by atoms with van der Waals surface area (Å²) in [6, 6.07) is 0.668. The SMILES string of the molecule is CCCCCCCCCCCNC(C)CC[N+](C)(C)C.[Br-]. The van der Waals surface area contributed by atoms with Crippen molar-refractivity contribution >= 4 is 0 Å². The topological polar surface area (TPSA) is 12.0 Å². The first-order valence-corrected chi connectivity index (χ1v) is 8.99. The summed E-state index contributed by atoms with van der Waals surface area (Å²) in [4.78, 5) is 0. The maximum Gasteiger partial charge on any atom is 0.0795 e. The highest BCUT2D eigenvalue weighted by Gasteiger charge is 2.09. The molecule has 2 nitrogen and oxygen atoms in total. The van der Waals surface area contributed by atoms with E-state index in [0.29, 0.717) is 6.04 Å². The normalized spacial score (nSPS) is 13.0. The maximum atomic E-state index is 3.66. The van der Waals surface area contributed by atoms with Gasteiger partial charge in [0.2, 0.25) is 0 Å². The highest BCUT2D eigenvalue weighted by atomic mass is 79.9. The molecule has 0 rings (SSSR count). The third-order valence-corrected chi connectivity index (χ3v) is 4.01. The lowest BCUT2D eigenvalue weighted by Crippen LogP contribution is -3.00. The van der Waals surface area contributed by atoms with E-state index in [2.05, 4.69) is 40.3 Å². The minimum absolute atomic E-state index is 0. The Kier molecular flexibility index (Phi) is 17.2. The summed E-state index contributed by atoms with van der Waals surface area (Å²) < 4.78 is 1.07. The van der Waals surface area contributed by atoms with E-state index >= 15 is 0 Å². The summed E-state index contributed by atoms with van der Waals surface area (Å²) in [5.74, 6) is 0. The number of rotatable bonds is 14. The van der Waals surface area contributed by atoms with Crippen LogP contribution in [0.4, 0.5) is 0 Å². The van der Waals surface area contributed by atoms with Gasteiger partial charge < -0.3 is 26.8 Å². The number of hydrogen-bond acceptors (Lipinski definition) is 1. The van der Waals surface area contributed by atoms with Gasteiger partial charge in [0, 0.05) is 12.5 Å². The number of halogens is 1. The Balaban J connectivity index is 0. The molecule has 1 unspecified atom stereocenters. The monoisotopic (exact) mass is 364 g/mol. The van der Waals surface area contributed by atoms with Gasteiger partial charge in [0.05, 0.1) is 27.7 Å². The molecule has 0 aromatic heterocycles. The van der Waals surface area contributed by atoms with E-state index in [1.165, 1.54) is 77.3 Å². The van der Waals surface area contributed by atoms with E-state index in [0.717, 1.165) is 4.48 Å². The van der Waals surface area contributed by atoms with Gasteiger partial charge in [-0.2, -0.15) is 0 Å². The van der Waals surface area contributed by atoms with E-state index in [1.54, 1.807) is 0 Å². The third-order valence-electron chi connectivity index (χ3n) is 4.01.